The van der Waals surface area contributed by atoms with Crippen LogP contribution in [0.25, 0.3) is 10.6 Å². The largest absolute Gasteiger partial charge is 0.497 e. The van der Waals surface area contributed by atoms with Crippen molar-refractivity contribution in [3.05, 3.63) is 95.4 Å². The van der Waals surface area contributed by atoms with Gasteiger partial charge in [0.15, 0.2) is 11.8 Å². The van der Waals surface area contributed by atoms with E-state index in [1.54, 1.807) is 24.7 Å². The van der Waals surface area contributed by atoms with E-state index in [4.69, 9.17) is 14.1 Å². The van der Waals surface area contributed by atoms with E-state index in [2.05, 4.69) is 35.0 Å². The number of nitrogens with zero attached hydrogens (tertiary/aromatic N) is 1. The highest BCUT2D eigenvalue weighted by Crippen LogP contribution is 2.25. The van der Waals surface area contributed by atoms with E-state index >= 15 is 0 Å². The molecule has 4 rings (SSSR count). The molecule has 136 valence electrons. The van der Waals surface area contributed by atoms with Crippen LogP contribution >= 0.6 is 11.3 Å². The fourth-order valence-corrected chi connectivity index (χ4v) is 3.89. The van der Waals surface area contributed by atoms with Crippen molar-refractivity contribution in [3.8, 4) is 16.3 Å². The highest BCUT2D eigenvalue weighted by molar-refractivity contribution is 7.13. The summed E-state index contributed by atoms with van der Waals surface area (Å²) in [5, 5.41) is 5.41. The molecule has 0 unspecified atom stereocenters. The van der Waals surface area contributed by atoms with Crippen molar-refractivity contribution in [1.29, 1.82) is 0 Å². The fraction of sp³-hybridized carbons (Fsp3) is 0.136. The van der Waals surface area contributed by atoms with Gasteiger partial charge < -0.3 is 14.5 Å². The van der Waals surface area contributed by atoms with Crippen molar-refractivity contribution in [2.75, 3.05) is 7.11 Å². The highest BCUT2D eigenvalue weighted by atomic mass is 32.1. The quantitative estimate of drug-likeness (QED) is 0.523. The predicted molar refractivity (Wildman–Crippen MR) is 107 cm³/mol. The molecule has 27 heavy (non-hydrogen) atoms. The van der Waals surface area contributed by atoms with E-state index in [9.17, 15) is 0 Å². The average molecular weight is 377 g/mol. The molecular weight excluding hydrogens is 356 g/mol. The van der Waals surface area contributed by atoms with Crippen LogP contribution in [0.4, 0.5) is 0 Å². The molecule has 5 heteroatoms. The third-order valence-corrected chi connectivity index (χ3v) is 5.40. The van der Waals surface area contributed by atoms with Gasteiger partial charge in [0, 0.05) is 16.5 Å². The van der Waals surface area contributed by atoms with Crippen molar-refractivity contribution in [3.63, 3.8) is 0 Å². The van der Waals surface area contributed by atoms with Gasteiger partial charge in [0.05, 0.1) is 13.4 Å². The van der Waals surface area contributed by atoms with Crippen molar-refractivity contribution < 1.29 is 14.5 Å². The third kappa shape index (κ3) is 4.10. The van der Waals surface area contributed by atoms with Gasteiger partial charge in [0.2, 0.25) is 0 Å². The first-order chi connectivity index (χ1) is 13.3. The molecule has 0 bridgehead atoms. The number of thiazole rings is 1. The molecule has 0 saturated heterocycles. The van der Waals surface area contributed by atoms with Gasteiger partial charge in [0.1, 0.15) is 23.0 Å². The zero-order valence-corrected chi connectivity index (χ0v) is 15.9. The van der Waals surface area contributed by atoms with Crippen molar-refractivity contribution in [2.24, 2.45) is 0 Å². The van der Waals surface area contributed by atoms with E-state index < -0.39 is 0 Å². The Balaban J connectivity index is 1.49. The van der Waals surface area contributed by atoms with Gasteiger partial charge in [-0.15, -0.1) is 11.3 Å². The van der Waals surface area contributed by atoms with Gasteiger partial charge in [-0.05, 0) is 36.4 Å². The monoisotopic (exact) mass is 377 g/mol. The number of nitrogens with two attached hydrogens (primary N) is 1. The van der Waals surface area contributed by atoms with Gasteiger partial charge in [-0.3, -0.25) is 0 Å². The van der Waals surface area contributed by atoms with Crippen LogP contribution < -0.4 is 10.1 Å². The van der Waals surface area contributed by atoms with E-state index in [0.29, 0.717) is 0 Å². The Labute approximate surface area is 162 Å². The van der Waals surface area contributed by atoms with Crippen LogP contribution in [-0.4, -0.2) is 12.1 Å². The zero-order valence-electron chi connectivity index (χ0n) is 15.0. The Kier molecular flexibility index (Phi) is 5.32. The molecule has 1 atom stereocenters. The molecule has 0 aliphatic rings. The van der Waals surface area contributed by atoms with Gasteiger partial charge in [-0.25, -0.2) is 4.98 Å². The molecule has 2 N–H and O–H groups in total. The van der Waals surface area contributed by atoms with E-state index in [1.165, 1.54) is 5.56 Å². The topological polar surface area (TPSA) is 51.9 Å². The SMILES string of the molecule is COc1ccc(-c2nc(C[NH2+][C@H](c3ccccc3)c3ccco3)cs2)cc1. The van der Waals surface area contributed by atoms with Gasteiger partial charge in [0.25, 0.3) is 0 Å². The minimum absolute atomic E-state index is 0.118. The number of hydrogen-bond donors (Lipinski definition) is 1. The molecule has 4 nitrogen and oxygen atoms in total. The Morgan fingerprint density at radius 1 is 1.04 bits per heavy atom. The van der Waals surface area contributed by atoms with E-state index in [1.807, 2.05) is 42.5 Å². The third-order valence-electron chi connectivity index (χ3n) is 4.46. The normalized spacial score (nSPS) is 12.0. The molecule has 0 aliphatic carbocycles. The van der Waals surface area contributed by atoms with Gasteiger partial charge in [-0.1, -0.05) is 30.3 Å². The molecule has 2 aromatic carbocycles. The number of ether oxygens (including phenoxy) is 1. The van der Waals surface area contributed by atoms with Crippen LogP contribution in [0.2, 0.25) is 0 Å². The molecule has 0 fully saturated rings. The minimum atomic E-state index is 0.118. The first kappa shape index (κ1) is 17.5. The first-order valence-corrected chi connectivity index (χ1v) is 9.72. The molecule has 0 spiro atoms. The lowest BCUT2D eigenvalue weighted by atomic mass is 10.0. The van der Waals surface area contributed by atoms with E-state index in [-0.39, 0.29) is 6.04 Å². The second-order valence-electron chi connectivity index (χ2n) is 6.22. The summed E-state index contributed by atoms with van der Waals surface area (Å²) in [5.41, 5.74) is 3.40. The fourth-order valence-electron chi connectivity index (χ4n) is 3.05. The van der Waals surface area contributed by atoms with Crippen LogP contribution in [0.5, 0.6) is 5.75 Å². The maximum absolute atomic E-state index is 5.67. The molecule has 2 heterocycles. The van der Waals surface area contributed by atoms with Crippen LogP contribution in [-0.2, 0) is 6.54 Å². The number of quaternary nitrogens is 1. The van der Waals surface area contributed by atoms with Crippen molar-refractivity contribution >= 4 is 11.3 Å². The first-order valence-electron chi connectivity index (χ1n) is 8.84. The smallest absolute Gasteiger partial charge is 0.170 e. The summed E-state index contributed by atoms with van der Waals surface area (Å²) in [5.74, 6) is 1.81. The molecule has 0 radical (unpaired) electrons. The lowest BCUT2D eigenvalue weighted by Gasteiger charge is -2.13. The molecule has 0 aliphatic heterocycles. The standard InChI is InChI=1S/C22H20N2O2S/c1-25-19-11-9-17(10-12-19)22-24-18(15-27-22)14-23-21(20-8-5-13-26-20)16-6-3-2-4-7-16/h2-13,15,21,23H,14H2,1H3/p+1/t21-/m1/s1. The zero-order chi connectivity index (χ0) is 18.5. The number of furan rings is 1. The molecule has 0 amide bonds. The summed E-state index contributed by atoms with van der Waals surface area (Å²) in [6, 6.07) is 22.5. The van der Waals surface area contributed by atoms with Crippen molar-refractivity contribution in [2.45, 2.75) is 12.6 Å². The second kappa shape index (κ2) is 8.20. The summed E-state index contributed by atoms with van der Waals surface area (Å²) in [7, 11) is 1.68. The molecule has 0 saturated carbocycles. The Bertz CT molecular complexity index is 963. The number of hydrogen-bond acceptors (Lipinski definition) is 4. The Morgan fingerprint density at radius 2 is 1.85 bits per heavy atom. The maximum Gasteiger partial charge on any atom is 0.170 e. The minimum Gasteiger partial charge on any atom is -0.497 e. The summed E-state index contributed by atoms with van der Waals surface area (Å²) in [6.45, 7) is 0.785. The van der Waals surface area contributed by atoms with Crippen LogP contribution in [0.3, 0.4) is 0 Å². The summed E-state index contributed by atoms with van der Waals surface area (Å²) in [6.07, 6.45) is 1.73. The molecule has 4 aromatic rings. The van der Waals surface area contributed by atoms with Crippen LogP contribution in [0.15, 0.2) is 82.8 Å². The van der Waals surface area contributed by atoms with Gasteiger partial charge in [-0.2, -0.15) is 0 Å². The Morgan fingerprint density at radius 3 is 2.56 bits per heavy atom. The molecule has 2 aromatic heterocycles. The van der Waals surface area contributed by atoms with E-state index in [0.717, 1.165) is 34.3 Å². The summed E-state index contributed by atoms with van der Waals surface area (Å²) >= 11 is 1.67. The maximum atomic E-state index is 5.67. The lowest BCUT2D eigenvalue weighted by molar-refractivity contribution is -0.704. The highest BCUT2D eigenvalue weighted by Gasteiger charge is 2.20. The average Bonchev–Trinajstić information content (AvgIpc) is 3.42. The Hall–Kier alpha value is -2.89. The summed E-state index contributed by atoms with van der Waals surface area (Å²) in [4.78, 5) is 4.80. The number of aromatic nitrogens is 1. The summed E-state index contributed by atoms with van der Waals surface area (Å²) < 4.78 is 10.9. The van der Waals surface area contributed by atoms with Gasteiger partial charge >= 0.3 is 0 Å². The number of methoxy groups -OCH3 is 1. The van der Waals surface area contributed by atoms with Crippen LogP contribution in [0.1, 0.15) is 23.1 Å². The van der Waals surface area contributed by atoms with Crippen molar-refractivity contribution in [1.82, 2.24) is 4.98 Å². The molecular formula is C22H21N2O2S+. The van der Waals surface area contributed by atoms with Crippen LogP contribution in [0, 0.1) is 0 Å². The second-order valence-corrected chi connectivity index (χ2v) is 7.07. The number of rotatable bonds is 7. The predicted octanol–water partition coefficient (Wildman–Crippen LogP) is 4.26. The lowest BCUT2D eigenvalue weighted by Crippen LogP contribution is -2.83. The number of benzene rings is 2.